The number of hydrogen-bond acceptors (Lipinski definition) is 3. The van der Waals surface area contributed by atoms with Crippen molar-refractivity contribution in [2.24, 2.45) is 0 Å². The van der Waals surface area contributed by atoms with Crippen LogP contribution in [-0.4, -0.2) is 20.8 Å². The molecule has 112 valence electrons. The molecule has 0 saturated heterocycles. The van der Waals surface area contributed by atoms with Gasteiger partial charge in [-0.2, -0.15) is 0 Å². The number of benzene rings is 2. The van der Waals surface area contributed by atoms with Crippen molar-refractivity contribution in [3.05, 3.63) is 59.4 Å². The number of halogens is 1. The van der Waals surface area contributed by atoms with E-state index >= 15 is 0 Å². The Morgan fingerprint density at radius 3 is 2.33 bits per heavy atom. The first-order valence-corrected chi connectivity index (χ1v) is 6.91. The molecule has 0 aliphatic carbocycles. The minimum Gasteiger partial charge on any atom is -0.497 e. The summed E-state index contributed by atoms with van der Waals surface area (Å²) in [4.78, 5) is 0. The Hall–Kier alpha value is -2.07. The summed E-state index contributed by atoms with van der Waals surface area (Å²) in [6.45, 7) is 2.72. The second-order valence-electron chi connectivity index (χ2n) is 4.63. The normalized spacial score (nSPS) is 12.0. The first-order valence-electron chi connectivity index (χ1n) is 6.91. The van der Waals surface area contributed by atoms with E-state index in [1.165, 1.54) is 7.11 Å². The zero-order chi connectivity index (χ0) is 15.2. The molecule has 0 saturated carbocycles. The lowest BCUT2D eigenvalue weighted by atomic mass is 9.97. The van der Waals surface area contributed by atoms with Gasteiger partial charge in [0.2, 0.25) is 0 Å². The molecule has 0 aliphatic rings. The predicted molar refractivity (Wildman–Crippen MR) is 81.5 cm³/mol. The van der Waals surface area contributed by atoms with Crippen molar-refractivity contribution in [1.82, 2.24) is 5.32 Å². The van der Waals surface area contributed by atoms with Crippen LogP contribution < -0.4 is 14.8 Å². The fourth-order valence-electron chi connectivity index (χ4n) is 2.32. The molecule has 1 unspecified atom stereocenters. The molecule has 2 rings (SSSR count). The van der Waals surface area contributed by atoms with E-state index in [0.717, 1.165) is 17.9 Å². The van der Waals surface area contributed by atoms with Gasteiger partial charge in [0.15, 0.2) is 11.6 Å². The molecule has 0 aromatic heterocycles. The van der Waals surface area contributed by atoms with Crippen LogP contribution in [0.3, 0.4) is 0 Å². The molecule has 0 spiro atoms. The Morgan fingerprint density at radius 2 is 1.76 bits per heavy atom. The molecular formula is C17H20FNO2. The number of rotatable bonds is 6. The first kappa shape index (κ1) is 15.3. The third-order valence-corrected chi connectivity index (χ3v) is 3.38. The molecule has 0 fully saturated rings. The standard InChI is InChI=1S/C17H20FNO2/c1-4-19-17(12-8-10-13(20-2)11-9-12)14-6-5-7-15(21-3)16(14)18/h5-11,17,19H,4H2,1-3H3. The Kier molecular flexibility index (Phi) is 5.17. The molecule has 4 heteroatoms. The van der Waals surface area contributed by atoms with Crippen molar-refractivity contribution in [1.29, 1.82) is 0 Å². The lowest BCUT2D eigenvalue weighted by Gasteiger charge is -2.20. The molecule has 1 N–H and O–H groups in total. The Bertz CT molecular complexity index is 584. The fourth-order valence-corrected chi connectivity index (χ4v) is 2.32. The lowest BCUT2D eigenvalue weighted by molar-refractivity contribution is 0.381. The molecule has 0 radical (unpaired) electrons. The van der Waals surface area contributed by atoms with E-state index in [-0.39, 0.29) is 17.6 Å². The van der Waals surface area contributed by atoms with Gasteiger partial charge in [0, 0.05) is 5.56 Å². The van der Waals surface area contributed by atoms with Gasteiger partial charge in [-0.05, 0) is 30.3 Å². The second-order valence-corrected chi connectivity index (χ2v) is 4.63. The average molecular weight is 289 g/mol. The van der Waals surface area contributed by atoms with Crippen LogP contribution in [0, 0.1) is 5.82 Å². The second kappa shape index (κ2) is 7.09. The summed E-state index contributed by atoms with van der Waals surface area (Å²) in [5.74, 6) is 0.700. The van der Waals surface area contributed by atoms with Crippen molar-refractivity contribution in [3.63, 3.8) is 0 Å². The van der Waals surface area contributed by atoms with E-state index < -0.39 is 0 Å². The third kappa shape index (κ3) is 3.34. The zero-order valence-corrected chi connectivity index (χ0v) is 12.5. The number of nitrogens with one attached hydrogen (secondary N) is 1. The molecule has 1 atom stereocenters. The zero-order valence-electron chi connectivity index (χ0n) is 12.5. The van der Waals surface area contributed by atoms with E-state index in [1.807, 2.05) is 31.2 Å². The van der Waals surface area contributed by atoms with Gasteiger partial charge >= 0.3 is 0 Å². The van der Waals surface area contributed by atoms with Crippen LogP contribution in [0.4, 0.5) is 4.39 Å². The Balaban J connectivity index is 2.42. The van der Waals surface area contributed by atoms with Gasteiger partial charge in [0.1, 0.15) is 5.75 Å². The van der Waals surface area contributed by atoms with Gasteiger partial charge < -0.3 is 14.8 Å². The summed E-state index contributed by atoms with van der Waals surface area (Å²) in [6, 6.07) is 12.6. The quantitative estimate of drug-likeness (QED) is 0.882. The van der Waals surface area contributed by atoms with Crippen LogP contribution in [0.15, 0.2) is 42.5 Å². The highest BCUT2D eigenvalue weighted by molar-refractivity contribution is 5.40. The lowest BCUT2D eigenvalue weighted by Crippen LogP contribution is -2.23. The Morgan fingerprint density at radius 1 is 1.05 bits per heavy atom. The Labute approximate surface area is 124 Å². The van der Waals surface area contributed by atoms with E-state index in [4.69, 9.17) is 9.47 Å². The van der Waals surface area contributed by atoms with Gasteiger partial charge in [0.05, 0.1) is 20.3 Å². The number of ether oxygens (including phenoxy) is 2. The van der Waals surface area contributed by atoms with Crippen LogP contribution in [0.25, 0.3) is 0 Å². The van der Waals surface area contributed by atoms with Crippen molar-refractivity contribution in [2.45, 2.75) is 13.0 Å². The summed E-state index contributed by atoms with van der Waals surface area (Å²) in [5, 5.41) is 3.31. The molecular weight excluding hydrogens is 269 g/mol. The maximum atomic E-state index is 14.5. The molecule has 3 nitrogen and oxygen atoms in total. The highest BCUT2D eigenvalue weighted by Crippen LogP contribution is 2.30. The highest BCUT2D eigenvalue weighted by Gasteiger charge is 2.19. The van der Waals surface area contributed by atoms with Crippen LogP contribution in [0.5, 0.6) is 11.5 Å². The van der Waals surface area contributed by atoms with Gasteiger partial charge in [-0.25, -0.2) is 4.39 Å². The van der Waals surface area contributed by atoms with Gasteiger partial charge in [-0.3, -0.25) is 0 Å². The summed E-state index contributed by atoms with van der Waals surface area (Å²) in [7, 11) is 3.09. The maximum Gasteiger partial charge on any atom is 0.170 e. The molecule has 0 amide bonds. The summed E-state index contributed by atoms with van der Waals surface area (Å²) < 4.78 is 24.7. The number of hydrogen-bond donors (Lipinski definition) is 1. The minimum absolute atomic E-state index is 0.226. The molecule has 0 bridgehead atoms. The SMILES string of the molecule is CCNC(c1ccc(OC)cc1)c1cccc(OC)c1F. The van der Waals surface area contributed by atoms with Gasteiger partial charge in [-0.1, -0.05) is 31.2 Å². The van der Waals surface area contributed by atoms with Crippen molar-refractivity contribution < 1.29 is 13.9 Å². The first-order chi connectivity index (χ1) is 10.2. The largest absolute Gasteiger partial charge is 0.497 e. The fraction of sp³-hybridized carbons (Fsp3) is 0.294. The molecule has 0 aliphatic heterocycles. The van der Waals surface area contributed by atoms with Crippen LogP contribution in [-0.2, 0) is 0 Å². The monoisotopic (exact) mass is 289 g/mol. The molecule has 21 heavy (non-hydrogen) atoms. The van der Waals surface area contributed by atoms with Crippen molar-refractivity contribution in [3.8, 4) is 11.5 Å². The van der Waals surface area contributed by atoms with Crippen LogP contribution in [0.1, 0.15) is 24.1 Å². The average Bonchev–Trinajstić information content (AvgIpc) is 2.53. The summed E-state index contributed by atoms with van der Waals surface area (Å²) in [6.07, 6.45) is 0. The highest BCUT2D eigenvalue weighted by atomic mass is 19.1. The molecule has 2 aromatic rings. The van der Waals surface area contributed by atoms with Gasteiger partial charge in [0.25, 0.3) is 0 Å². The molecule has 2 aromatic carbocycles. The van der Waals surface area contributed by atoms with Crippen molar-refractivity contribution >= 4 is 0 Å². The van der Waals surface area contributed by atoms with E-state index in [9.17, 15) is 4.39 Å². The van der Waals surface area contributed by atoms with Crippen LogP contribution in [0.2, 0.25) is 0 Å². The van der Waals surface area contributed by atoms with Crippen LogP contribution >= 0.6 is 0 Å². The van der Waals surface area contributed by atoms with E-state index in [0.29, 0.717) is 5.56 Å². The van der Waals surface area contributed by atoms with E-state index in [1.54, 1.807) is 25.3 Å². The van der Waals surface area contributed by atoms with Crippen molar-refractivity contribution in [2.75, 3.05) is 20.8 Å². The smallest absolute Gasteiger partial charge is 0.170 e. The van der Waals surface area contributed by atoms with E-state index in [2.05, 4.69) is 5.32 Å². The summed E-state index contributed by atoms with van der Waals surface area (Å²) in [5.41, 5.74) is 1.55. The minimum atomic E-state index is -0.332. The molecule has 0 heterocycles. The predicted octanol–water partition coefficient (Wildman–Crippen LogP) is 3.54. The summed E-state index contributed by atoms with van der Waals surface area (Å²) >= 11 is 0. The number of methoxy groups -OCH3 is 2. The maximum absolute atomic E-state index is 14.5. The van der Waals surface area contributed by atoms with Gasteiger partial charge in [-0.15, -0.1) is 0 Å². The topological polar surface area (TPSA) is 30.5 Å². The third-order valence-electron chi connectivity index (χ3n) is 3.38.